The van der Waals surface area contributed by atoms with Gasteiger partial charge in [0, 0.05) is 26.3 Å². The molecule has 0 aromatic heterocycles. The summed E-state index contributed by atoms with van der Waals surface area (Å²) in [5.74, 6) is -0.106. The zero-order valence-electron chi connectivity index (χ0n) is 12.7. The molecule has 0 saturated heterocycles. The largest absolute Gasteiger partial charge is 0.465 e. The van der Waals surface area contributed by atoms with Gasteiger partial charge in [-0.15, -0.1) is 0 Å². The van der Waals surface area contributed by atoms with Gasteiger partial charge in [0.15, 0.2) is 0 Å². The van der Waals surface area contributed by atoms with E-state index in [1.807, 2.05) is 14.0 Å². The summed E-state index contributed by atoms with van der Waals surface area (Å²) >= 11 is 0. The number of hydrogen-bond acceptors (Lipinski definition) is 5. The molecule has 1 rings (SSSR count). The van der Waals surface area contributed by atoms with E-state index in [0.29, 0.717) is 12.6 Å². The van der Waals surface area contributed by atoms with Crippen LogP contribution in [-0.2, 0) is 14.3 Å². The molecule has 0 aromatic rings. The molecule has 1 aliphatic rings. The quantitative estimate of drug-likeness (QED) is 0.528. The van der Waals surface area contributed by atoms with Crippen LogP contribution in [0.5, 0.6) is 0 Å². The van der Waals surface area contributed by atoms with Gasteiger partial charge in [-0.2, -0.15) is 0 Å². The van der Waals surface area contributed by atoms with E-state index in [2.05, 4.69) is 17.3 Å². The van der Waals surface area contributed by atoms with Crippen molar-refractivity contribution in [1.29, 1.82) is 0 Å². The topological polar surface area (TPSA) is 50.8 Å². The number of methoxy groups -OCH3 is 1. The van der Waals surface area contributed by atoms with Crippen LogP contribution < -0.4 is 5.32 Å². The smallest absolute Gasteiger partial charge is 0.326 e. The molecule has 1 fully saturated rings. The van der Waals surface area contributed by atoms with E-state index in [1.54, 1.807) is 7.11 Å². The van der Waals surface area contributed by atoms with Crippen molar-refractivity contribution in [2.45, 2.75) is 44.2 Å². The second-order valence-corrected chi connectivity index (χ2v) is 5.28. The summed E-state index contributed by atoms with van der Waals surface area (Å²) in [5, 5.41) is 3.19. The Labute approximate surface area is 116 Å². The standard InChI is InChI=1S/C14H28N2O3/c1-5-19-13(17)14(15-2)8-7-12(11-14)16(3)9-6-10-18-4/h12,15H,5-11H2,1-4H3. The number of esters is 1. The summed E-state index contributed by atoms with van der Waals surface area (Å²) in [5.41, 5.74) is -0.490. The fraction of sp³-hybridized carbons (Fsp3) is 0.929. The molecular formula is C14H28N2O3. The van der Waals surface area contributed by atoms with Crippen molar-refractivity contribution in [2.24, 2.45) is 0 Å². The molecule has 0 aliphatic heterocycles. The van der Waals surface area contributed by atoms with Crippen LogP contribution in [0.1, 0.15) is 32.6 Å². The van der Waals surface area contributed by atoms with E-state index in [-0.39, 0.29) is 5.97 Å². The zero-order valence-corrected chi connectivity index (χ0v) is 12.7. The lowest BCUT2D eigenvalue weighted by Crippen LogP contribution is -2.50. The number of rotatable bonds is 8. The summed E-state index contributed by atoms with van der Waals surface area (Å²) in [7, 11) is 5.70. The average Bonchev–Trinajstić information content (AvgIpc) is 2.85. The molecule has 0 bridgehead atoms. The third-order valence-corrected chi connectivity index (χ3v) is 4.12. The van der Waals surface area contributed by atoms with Gasteiger partial charge in [-0.25, -0.2) is 0 Å². The number of nitrogens with zero attached hydrogens (tertiary/aromatic N) is 1. The van der Waals surface area contributed by atoms with Crippen LogP contribution in [0, 0.1) is 0 Å². The first-order chi connectivity index (χ1) is 9.09. The fourth-order valence-electron chi connectivity index (χ4n) is 2.82. The highest BCUT2D eigenvalue weighted by Gasteiger charge is 2.46. The van der Waals surface area contributed by atoms with Crippen LogP contribution in [0.2, 0.25) is 0 Å². The second-order valence-electron chi connectivity index (χ2n) is 5.28. The molecule has 0 amide bonds. The maximum Gasteiger partial charge on any atom is 0.326 e. The SMILES string of the molecule is CCOC(=O)C1(NC)CCC(N(C)CCCOC)C1. The summed E-state index contributed by atoms with van der Waals surface area (Å²) in [6, 6.07) is 0.439. The van der Waals surface area contributed by atoms with Crippen LogP contribution in [0.3, 0.4) is 0 Å². The first kappa shape index (κ1) is 16.4. The third-order valence-electron chi connectivity index (χ3n) is 4.12. The number of nitrogens with one attached hydrogen (secondary N) is 1. The van der Waals surface area contributed by atoms with E-state index >= 15 is 0 Å². The molecule has 2 atom stereocenters. The Morgan fingerprint density at radius 3 is 2.84 bits per heavy atom. The minimum Gasteiger partial charge on any atom is -0.465 e. The molecule has 0 spiro atoms. The lowest BCUT2D eigenvalue weighted by molar-refractivity contribution is -0.151. The van der Waals surface area contributed by atoms with Crippen molar-refractivity contribution in [3.05, 3.63) is 0 Å². The Morgan fingerprint density at radius 2 is 2.26 bits per heavy atom. The molecular weight excluding hydrogens is 244 g/mol. The monoisotopic (exact) mass is 272 g/mol. The second kappa shape index (κ2) is 7.82. The number of carbonyl (C=O) groups is 1. The van der Waals surface area contributed by atoms with Gasteiger partial charge in [-0.05, 0) is 46.7 Å². The zero-order chi connectivity index (χ0) is 14.3. The Kier molecular flexibility index (Phi) is 6.75. The van der Waals surface area contributed by atoms with Crippen LogP contribution >= 0.6 is 0 Å². The van der Waals surface area contributed by atoms with Crippen LogP contribution in [0.25, 0.3) is 0 Å². The first-order valence-corrected chi connectivity index (χ1v) is 7.15. The van der Waals surface area contributed by atoms with Gasteiger partial charge in [0.2, 0.25) is 0 Å². The van der Waals surface area contributed by atoms with Crippen molar-refractivity contribution in [1.82, 2.24) is 10.2 Å². The molecule has 1 saturated carbocycles. The summed E-state index contributed by atoms with van der Waals surface area (Å²) in [6.07, 6.45) is 3.73. The maximum absolute atomic E-state index is 12.1. The highest BCUT2D eigenvalue weighted by molar-refractivity contribution is 5.81. The molecule has 5 heteroatoms. The van der Waals surface area contributed by atoms with E-state index in [4.69, 9.17) is 9.47 Å². The van der Waals surface area contributed by atoms with Gasteiger partial charge >= 0.3 is 5.97 Å². The minimum atomic E-state index is -0.490. The van der Waals surface area contributed by atoms with Crippen molar-refractivity contribution in [3.63, 3.8) is 0 Å². The van der Waals surface area contributed by atoms with Gasteiger partial charge in [-0.1, -0.05) is 0 Å². The first-order valence-electron chi connectivity index (χ1n) is 7.15. The average molecular weight is 272 g/mol. The van der Waals surface area contributed by atoms with Gasteiger partial charge in [0.05, 0.1) is 6.61 Å². The molecule has 0 radical (unpaired) electrons. The van der Waals surface area contributed by atoms with Crippen LogP contribution in [0.15, 0.2) is 0 Å². The lowest BCUT2D eigenvalue weighted by Gasteiger charge is -2.29. The predicted octanol–water partition coefficient (Wildman–Crippen LogP) is 1.03. The van der Waals surface area contributed by atoms with Gasteiger partial charge in [-0.3, -0.25) is 4.79 Å². The Balaban J connectivity index is 2.51. The van der Waals surface area contributed by atoms with Gasteiger partial charge < -0.3 is 19.7 Å². The minimum absolute atomic E-state index is 0.106. The molecule has 0 heterocycles. The molecule has 2 unspecified atom stereocenters. The summed E-state index contributed by atoms with van der Waals surface area (Å²) in [4.78, 5) is 14.4. The Bertz CT molecular complexity index is 286. The normalized spacial score (nSPS) is 26.9. The van der Waals surface area contributed by atoms with Crippen LogP contribution in [0.4, 0.5) is 0 Å². The van der Waals surface area contributed by atoms with Crippen molar-refractivity contribution >= 4 is 5.97 Å². The summed E-state index contributed by atoms with van der Waals surface area (Å²) in [6.45, 7) is 4.08. The fourth-order valence-corrected chi connectivity index (χ4v) is 2.82. The number of hydrogen-bond donors (Lipinski definition) is 1. The van der Waals surface area contributed by atoms with E-state index in [1.165, 1.54) is 0 Å². The maximum atomic E-state index is 12.1. The van der Waals surface area contributed by atoms with E-state index in [0.717, 1.165) is 38.8 Å². The molecule has 1 N–H and O–H groups in total. The third kappa shape index (κ3) is 4.16. The molecule has 112 valence electrons. The number of likely N-dealkylation sites (N-methyl/N-ethyl adjacent to an activating group) is 1. The number of ether oxygens (including phenoxy) is 2. The van der Waals surface area contributed by atoms with Crippen LogP contribution in [-0.4, -0.2) is 63.4 Å². The molecule has 0 aromatic carbocycles. The highest BCUT2D eigenvalue weighted by atomic mass is 16.5. The molecule has 5 nitrogen and oxygen atoms in total. The van der Waals surface area contributed by atoms with E-state index in [9.17, 15) is 4.79 Å². The Morgan fingerprint density at radius 1 is 1.53 bits per heavy atom. The number of carbonyl (C=O) groups excluding carboxylic acids is 1. The summed E-state index contributed by atoms with van der Waals surface area (Å²) < 4.78 is 10.3. The predicted molar refractivity (Wildman–Crippen MR) is 75.2 cm³/mol. The van der Waals surface area contributed by atoms with Gasteiger partial charge in [0.25, 0.3) is 0 Å². The highest BCUT2D eigenvalue weighted by Crippen LogP contribution is 2.33. The molecule has 1 aliphatic carbocycles. The van der Waals surface area contributed by atoms with Crippen molar-refractivity contribution in [2.75, 3.05) is 41.0 Å². The van der Waals surface area contributed by atoms with E-state index < -0.39 is 5.54 Å². The molecule has 19 heavy (non-hydrogen) atoms. The Hall–Kier alpha value is -0.650. The van der Waals surface area contributed by atoms with Crippen molar-refractivity contribution in [3.8, 4) is 0 Å². The van der Waals surface area contributed by atoms with Crippen molar-refractivity contribution < 1.29 is 14.3 Å². The van der Waals surface area contributed by atoms with Gasteiger partial charge in [0.1, 0.15) is 5.54 Å². The lowest BCUT2D eigenvalue weighted by atomic mass is 9.97.